The van der Waals surface area contributed by atoms with Crippen LogP contribution in [0.25, 0.3) is 0 Å². The van der Waals surface area contributed by atoms with Crippen LogP contribution in [-0.2, 0) is 0 Å². The van der Waals surface area contributed by atoms with Crippen LogP contribution in [0.2, 0.25) is 0 Å². The first-order chi connectivity index (χ1) is 6.70. The van der Waals surface area contributed by atoms with E-state index in [1.807, 2.05) is 0 Å². The zero-order valence-corrected chi connectivity index (χ0v) is 10.4. The maximum absolute atomic E-state index is 6.61. The summed E-state index contributed by atoms with van der Waals surface area (Å²) < 4.78 is 0. The summed E-state index contributed by atoms with van der Waals surface area (Å²) in [5.74, 6) is 0. The first kappa shape index (κ1) is 12.3. The normalized spacial score (nSPS) is 21.4. The zero-order chi connectivity index (χ0) is 10.4. The molecular formula is C12H24ClN. The number of nitrogens with zero attached hydrogens (tertiary/aromatic N) is 1. The smallest absolute Gasteiger partial charge is 0.0459 e. The van der Waals surface area contributed by atoms with Crippen LogP contribution in [0, 0.1) is 0 Å². The highest BCUT2D eigenvalue weighted by atomic mass is 35.5. The Morgan fingerprint density at radius 1 is 1.07 bits per heavy atom. The molecule has 0 radical (unpaired) electrons. The first-order valence-electron chi connectivity index (χ1n) is 6.11. The maximum Gasteiger partial charge on any atom is 0.0459 e. The molecule has 0 unspecified atom stereocenters. The highest BCUT2D eigenvalue weighted by Crippen LogP contribution is 2.36. The van der Waals surface area contributed by atoms with Crippen molar-refractivity contribution in [3.8, 4) is 0 Å². The summed E-state index contributed by atoms with van der Waals surface area (Å²) in [6.45, 7) is 7.94. The van der Waals surface area contributed by atoms with Gasteiger partial charge in [-0.1, -0.05) is 33.1 Å². The maximum atomic E-state index is 6.61. The molecule has 1 fully saturated rings. The number of hydrogen-bond donors (Lipinski definition) is 0. The fourth-order valence-corrected chi connectivity index (χ4v) is 2.69. The van der Waals surface area contributed by atoms with Gasteiger partial charge in [0.15, 0.2) is 0 Å². The van der Waals surface area contributed by atoms with Crippen LogP contribution in [0.4, 0.5) is 0 Å². The van der Waals surface area contributed by atoms with E-state index in [0.29, 0.717) is 0 Å². The third-order valence-corrected chi connectivity index (χ3v) is 4.09. The minimum atomic E-state index is 0.140. The van der Waals surface area contributed by atoms with Crippen LogP contribution < -0.4 is 0 Å². The van der Waals surface area contributed by atoms with Crippen LogP contribution in [-0.4, -0.2) is 29.4 Å². The lowest BCUT2D eigenvalue weighted by molar-refractivity contribution is 0.261. The van der Waals surface area contributed by atoms with Crippen molar-refractivity contribution in [1.29, 1.82) is 0 Å². The Labute approximate surface area is 93.8 Å². The molecule has 1 nitrogen and oxygen atoms in total. The molecule has 14 heavy (non-hydrogen) atoms. The minimum Gasteiger partial charge on any atom is -0.304 e. The average molecular weight is 218 g/mol. The lowest BCUT2D eigenvalue weighted by atomic mass is 9.86. The van der Waals surface area contributed by atoms with Crippen molar-refractivity contribution >= 4 is 11.6 Å². The van der Waals surface area contributed by atoms with Crippen LogP contribution in [0.3, 0.4) is 0 Å². The summed E-state index contributed by atoms with van der Waals surface area (Å²) in [4.78, 5) is 2.61. The quantitative estimate of drug-likeness (QED) is 0.636. The molecule has 2 heteroatoms. The topological polar surface area (TPSA) is 3.24 Å². The molecule has 0 bridgehead atoms. The second-order valence-electron chi connectivity index (χ2n) is 4.49. The molecule has 1 saturated carbocycles. The Morgan fingerprint density at radius 3 is 2.14 bits per heavy atom. The lowest BCUT2D eigenvalue weighted by Gasteiger charge is -2.33. The van der Waals surface area contributed by atoms with Gasteiger partial charge in [-0.2, -0.15) is 0 Å². The highest BCUT2D eigenvalue weighted by Gasteiger charge is 2.29. The van der Waals surface area contributed by atoms with Crippen molar-refractivity contribution in [2.45, 2.75) is 57.2 Å². The van der Waals surface area contributed by atoms with Crippen molar-refractivity contribution < 1.29 is 0 Å². The molecule has 1 aliphatic carbocycles. The summed E-state index contributed by atoms with van der Waals surface area (Å²) in [6, 6.07) is 0. The molecule has 1 rings (SSSR count). The predicted molar refractivity (Wildman–Crippen MR) is 64.1 cm³/mol. The predicted octanol–water partition coefficient (Wildman–Crippen LogP) is 3.66. The molecule has 84 valence electrons. The Kier molecular flexibility index (Phi) is 5.25. The fourth-order valence-electron chi connectivity index (χ4n) is 2.33. The largest absolute Gasteiger partial charge is 0.304 e. The van der Waals surface area contributed by atoms with Crippen molar-refractivity contribution in [2.24, 2.45) is 0 Å². The zero-order valence-electron chi connectivity index (χ0n) is 9.69. The van der Waals surface area contributed by atoms with Gasteiger partial charge in [-0.15, -0.1) is 11.6 Å². The van der Waals surface area contributed by atoms with Crippen LogP contribution >= 0.6 is 11.6 Å². The van der Waals surface area contributed by atoms with E-state index in [1.54, 1.807) is 0 Å². The van der Waals surface area contributed by atoms with E-state index in [9.17, 15) is 0 Å². The molecule has 0 aromatic heterocycles. The van der Waals surface area contributed by atoms with E-state index in [2.05, 4.69) is 18.7 Å². The van der Waals surface area contributed by atoms with E-state index >= 15 is 0 Å². The number of halogens is 1. The van der Waals surface area contributed by atoms with Gasteiger partial charge in [-0.3, -0.25) is 0 Å². The van der Waals surface area contributed by atoms with Gasteiger partial charge in [0.05, 0.1) is 0 Å². The summed E-state index contributed by atoms with van der Waals surface area (Å²) in [5.41, 5.74) is 0. The Bertz CT molecular complexity index is 148. The molecule has 0 spiro atoms. The van der Waals surface area contributed by atoms with Crippen molar-refractivity contribution in [2.75, 3.05) is 19.6 Å². The van der Waals surface area contributed by atoms with Crippen LogP contribution in [0.15, 0.2) is 0 Å². The van der Waals surface area contributed by atoms with Crippen LogP contribution in [0.1, 0.15) is 52.4 Å². The minimum absolute atomic E-state index is 0.140. The fraction of sp³-hybridized carbons (Fsp3) is 1.00. The number of hydrogen-bond acceptors (Lipinski definition) is 1. The second kappa shape index (κ2) is 5.97. The molecule has 0 aromatic carbocycles. The molecule has 0 aliphatic heterocycles. The number of rotatable bonds is 5. The van der Waals surface area contributed by atoms with Gasteiger partial charge in [0, 0.05) is 4.87 Å². The monoisotopic (exact) mass is 217 g/mol. The molecule has 0 N–H and O–H groups in total. The van der Waals surface area contributed by atoms with Gasteiger partial charge in [-0.25, -0.2) is 0 Å². The molecule has 0 saturated heterocycles. The molecule has 1 aliphatic rings. The molecule has 0 atom stereocenters. The van der Waals surface area contributed by atoms with Gasteiger partial charge in [0.25, 0.3) is 0 Å². The third-order valence-electron chi connectivity index (χ3n) is 3.52. The van der Waals surface area contributed by atoms with Crippen LogP contribution in [0.5, 0.6) is 0 Å². The Morgan fingerprint density at radius 2 is 1.64 bits per heavy atom. The first-order valence-corrected chi connectivity index (χ1v) is 6.49. The molecule has 0 heterocycles. The summed E-state index contributed by atoms with van der Waals surface area (Å²) in [5, 5.41) is 0. The molecular weight excluding hydrogens is 194 g/mol. The van der Waals surface area contributed by atoms with E-state index in [-0.39, 0.29) is 4.87 Å². The lowest BCUT2D eigenvalue weighted by Crippen LogP contribution is -2.32. The van der Waals surface area contributed by atoms with Gasteiger partial charge >= 0.3 is 0 Å². The van der Waals surface area contributed by atoms with Crippen molar-refractivity contribution in [3.05, 3.63) is 0 Å². The van der Waals surface area contributed by atoms with E-state index in [1.165, 1.54) is 45.1 Å². The Hall–Kier alpha value is 0.250. The standard InChI is InChI=1S/C12H24ClN/c1-3-14(4-2)11-10-12(13)8-6-5-7-9-12/h3-11H2,1-2H3. The third kappa shape index (κ3) is 3.78. The molecule has 0 aromatic rings. The van der Waals surface area contributed by atoms with E-state index < -0.39 is 0 Å². The van der Waals surface area contributed by atoms with Gasteiger partial charge in [0.2, 0.25) is 0 Å². The average Bonchev–Trinajstić information content (AvgIpc) is 2.20. The molecule has 0 amide bonds. The summed E-state index contributed by atoms with van der Waals surface area (Å²) >= 11 is 6.61. The highest BCUT2D eigenvalue weighted by molar-refractivity contribution is 6.23. The van der Waals surface area contributed by atoms with E-state index in [0.717, 1.165) is 13.1 Å². The SMILES string of the molecule is CCN(CC)CCC1(Cl)CCCCC1. The Balaban J connectivity index is 2.27. The summed E-state index contributed by atoms with van der Waals surface area (Å²) in [6.07, 6.45) is 7.70. The van der Waals surface area contributed by atoms with Gasteiger partial charge in [0.1, 0.15) is 0 Å². The van der Waals surface area contributed by atoms with Crippen molar-refractivity contribution in [1.82, 2.24) is 4.90 Å². The van der Waals surface area contributed by atoms with E-state index in [4.69, 9.17) is 11.6 Å². The van der Waals surface area contributed by atoms with Gasteiger partial charge < -0.3 is 4.90 Å². The summed E-state index contributed by atoms with van der Waals surface area (Å²) in [7, 11) is 0. The van der Waals surface area contributed by atoms with Gasteiger partial charge in [-0.05, 0) is 38.9 Å². The number of alkyl halides is 1. The van der Waals surface area contributed by atoms with Crippen molar-refractivity contribution in [3.63, 3.8) is 0 Å². The second-order valence-corrected chi connectivity index (χ2v) is 5.29.